The molecule has 0 N–H and O–H groups in total. The third kappa shape index (κ3) is 6.04. The van der Waals surface area contributed by atoms with Gasteiger partial charge in [0, 0.05) is 0 Å². The van der Waals surface area contributed by atoms with Crippen LogP contribution < -0.4 is 14.2 Å². The number of methoxy groups -OCH3 is 1. The van der Waals surface area contributed by atoms with Crippen LogP contribution in [0.25, 0.3) is 0 Å². The van der Waals surface area contributed by atoms with Gasteiger partial charge >= 0.3 is 0 Å². The Morgan fingerprint density at radius 1 is 0.826 bits per heavy atom. The fourth-order valence-corrected chi connectivity index (χ4v) is 1.91. The monoisotopic (exact) mass is 314 g/mol. The Morgan fingerprint density at radius 2 is 1.43 bits per heavy atom. The van der Waals surface area contributed by atoms with Gasteiger partial charge in [-0.05, 0) is 42.0 Å². The topological polar surface area (TPSA) is 36.9 Å². The first kappa shape index (κ1) is 16.9. The van der Waals surface area contributed by atoms with E-state index >= 15 is 0 Å². The van der Waals surface area contributed by atoms with Crippen LogP contribution in [-0.4, -0.2) is 26.9 Å². The molecule has 2 aromatic carbocycles. The molecule has 0 aliphatic carbocycles. The summed E-state index contributed by atoms with van der Waals surface area (Å²) in [6, 6.07) is 15.4. The highest BCUT2D eigenvalue weighted by atomic mass is 16.5. The predicted octanol–water partition coefficient (Wildman–Crippen LogP) is 3.86. The van der Waals surface area contributed by atoms with Crippen LogP contribution in [0.15, 0.2) is 61.2 Å². The fourth-order valence-electron chi connectivity index (χ4n) is 1.91. The van der Waals surface area contributed by atoms with Crippen molar-refractivity contribution in [2.75, 3.05) is 26.9 Å². The van der Waals surface area contributed by atoms with Crippen molar-refractivity contribution >= 4 is 0 Å². The van der Waals surface area contributed by atoms with Gasteiger partial charge in [-0.1, -0.05) is 18.2 Å². The van der Waals surface area contributed by atoms with Gasteiger partial charge < -0.3 is 18.9 Å². The molecule has 0 fully saturated rings. The van der Waals surface area contributed by atoms with Gasteiger partial charge in [0.1, 0.15) is 30.5 Å². The molecule has 0 saturated heterocycles. The van der Waals surface area contributed by atoms with Crippen molar-refractivity contribution in [3.63, 3.8) is 0 Å². The van der Waals surface area contributed by atoms with E-state index in [0.29, 0.717) is 26.4 Å². The average Bonchev–Trinajstić information content (AvgIpc) is 2.61. The quantitative estimate of drug-likeness (QED) is 0.493. The highest BCUT2D eigenvalue weighted by molar-refractivity contribution is 5.32. The van der Waals surface area contributed by atoms with Crippen LogP contribution in [0, 0.1) is 0 Å². The standard InChI is InChI=1S/C19H22O4/c1-3-12-21-13-14-22-18-6-4-16(5-7-18)15-23-19-10-8-17(20-2)9-11-19/h3-11H,1,12-15H2,2H3. The molecule has 0 aromatic heterocycles. The SMILES string of the molecule is C=CCOCCOc1ccc(COc2ccc(OC)cc2)cc1. The normalized spacial score (nSPS) is 10.1. The van der Waals surface area contributed by atoms with Crippen molar-refractivity contribution in [1.82, 2.24) is 0 Å². The van der Waals surface area contributed by atoms with E-state index in [9.17, 15) is 0 Å². The van der Waals surface area contributed by atoms with Crippen LogP contribution in [0.5, 0.6) is 17.2 Å². The number of benzene rings is 2. The Balaban J connectivity index is 1.74. The molecule has 0 unspecified atom stereocenters. The predicted molar refractivity (Wildman–Crippen MR) is 90.3 cm³/mol. The molecule has 0 bridgehead atoms. The minimum atomic E-state index is 0.509. The third-order valence-electron chi connectivity index (χ3n) is 3.12. The summed E-state index contributed by atoms with van der Waals surface area (Å²) in [5, 5.41) is 0. The van der Waals surface area contributed by atoms with E-state index in [1.807, 2.05) is 48.5 Å². The maximum atomic E-state index is 5.73. The second-order valence-electron chi connectivity index (χ2n) is 4.82. The summed E-state index contributed by atoms with van der Waals surface area (Å²) >= 11 is 0. The molecule has 23 heavy (non-hydrogen) atoms. The van der Waals surface area contributed by atoms with Gasteiger partial charge in [-0.25, -0.2) is 0 Å². The minimum Gasteiger partial charge on any atom is -0.497 e. The summed E-state index contributed by atoms with van der Waals surface area (Å²) < 4.78 is 21.7. The molecule has 4 nitrogen and oxygen atoms in total. The lowest BCUT2D eigenvalue weighted by atomic mass is 10.2. The average molecular weight is 314 g/mol. The lowest BCUT2D eigenvalue weighted by Crippen LogP contribution is -2.06. The third-order valence-corrected chi connectivity index (χ3v) is 3.12. The van der Waals surface area contributed by atoms with Crippen molar-refractivity contribution in [2.45, 2.75) is 6.61 Å². The summed E-state index contributed by atoms with van der Waals surface area (Å²) in [7, 11) is 1.64. The summed E-state index contributed by atoms with van der Waals surface area (Å²) in [6.07, 6.45) is 1.72. The first-order chi connectivity index (χ1) is 11.3. The summed E-state index contributed by atoms with van der Waals surface area (Å²) in [5.41, 5.74) is 1.08. The van der Waals surface area contributed by atoms with Crippen molar-refractivity contribution < 1.29 is 18.9 Å². The summed E-state index contributed by atoms with van der Waals surface area (Å²) in [6.45, 7) is 5.72. The lowest BCUT2D eigenvalue weighted by Gasteiger charge is -2.09. The van der Waals surface area contributed by atoms with E-state index in [1.165, 1.54) is 0 Å². The molecule has 4 heteroatoms. The second kappa shape index (κ2) is 9.54. The van der Waals surface area contributed by atoms with Gasteiger partial charge in [0.05, 0.1) is 20.3 Å². The van der Waals surface area contributed by atoms with Gasteiger partial charge in [0.15, 0.2) is 0 Å². The van der Waals surface area contributed by atoms with Crippen molar-refractivity contribution in [1.29, 1.82) is 0 Å². The maximum Gasteiger partial charge on any atom is 0.120 e. The lowest BCUT2D eigenvalue weighted by molar-refractivity contribution is 0.121. The molecule has 0 amide bonds. The Hall–Kier alpha value is -2.46. The van der Waals surface area contributed by atoms with Crippen LogP contribution in [0.1, 0.15) is 5.56 Å². The molecular formula is C19H22O4. The Bertz CT molecular complexity index is 575. The van der Waals surface area contributed by atoms with E-state index in [2.05, 4.69) is 6.58 Å². The first-order valence-electron chi connectivity index (χ1n) is 7.49. The second-order valence-corrected chi connectivity index (χ2v) is 4.82. The highest BCUT2D eigenvalue weighted by Gasteiger charge is 1.99. The van der Waals surface area contributed by atoms with Crippen molar-refractivity contribution in [2.24, 2.45) is 0 Å². The molecule has 0 heterocycles. The van der Waals surface area contributed by atoms with Gasteiger partial charge in [-0.3, -0.25) is 0 Å². The van der Waals surface area contributed by atoms with Crippen LogP contribution in [0.2, 0.25) is 0 Å². The van der Waals surface area contributed by atoms with Crippen LogP contribution >= 0.6 is 0 Å². The van der Waals surface area contributed by atoms with E-state index in [0.717, 1.165) is 22.8 Å². The molecule has 2 rings (SSSR count). The molecule has 0 saturated carbocycles. The smallest absolute Gasteiger partial charge is 0.120 e. The van der Waals surface area contributed by atoms with Crippen LogP contribution in [0.3, 0.4) is 0 Å². The van der Waals surface area contributed by atoms with Gasteiger partial charge in [0.25, 0.3) is 0 Å². The molecule has 0 aliphatic heterocycles. The number of hydrogen-bond acceptors (Lipinski definition) is 4. The molecule has 0 aliphatic rings. The number of hydrogen-bond donors (Lipinski definition) is 0. The largest absolute Gasteiger partial charge is 0.497 e. The Morgan fingerprint density at radius 3 is 2.09 bits per heavy atom. The van der Waals surface area contributed by atoms with E-state index in [1.54, 1.807) is 13.2 Å². The maximum absolute atomic E-state index is 5.73. The number of rotatable bonds is 10. The van der Waals surface area contributed by atoms with Crippen molar-refractivity contribution in [3.8, 4) is 17.2 Å². The molecule has 0 atom stereocenters. The molecule has 2 aromatic rings. The van der Waals surface area contributed by atoms with E-state index < -0.39 is 0 Å². The highest BCUT2D eigenvalue weighted by Crippen LogP contribution is 2.19. The fraction of sp³-hybridized carbons (Fsp3) is 0.263. The summed E-state index contributed by atoms with van der Waals surface area (Å²) in [4.78, 5) is 0. The number of ether oxygens (including phenoxy) is 4. The molecule has 122 valence electrons. The zero-order chi connectivity index (χ0) is 16.3. The first-order valence-corrected chi connectivity index (χ1v) is 7.49. The Labute approximate surface area is 137 Å². The van der Waals surface area contributed by atoms with Crippen LogP contribution in [0.4, 0.5) is 0 Å². The van der Waals surface area contributed by atoms with Gasteiger partial charge in [-0.2, -0.15) is 0 Å². The zero-order valence-corrected chi connectivity index (χ0v) is 13.4. The minimum absolute atomic E-state index is 0.509. The van der Waals surface area contributed by atoms with Crippen LogP contribution in [-0.2, 0) is 11.3 Å². The zero-order valence-electron chi connectivity index (χ0n) is 13.4. The van der Waals surface area contributed by atoms with Crippen molar-refractivity contribution in [3.05, 3.63) is 66.7 Å². The molecular weight excluding hydrogens is 292 g/mol. The van der Waals surface area contributed by atoms with E-state index in [4.69, 9.17) is 18.9 Å². The summed E-state index contributed by atoms with van der Waals surface area (Å²) in [5.74, 6) is 2.45. The van der Waals surface area contributed by atoms with Gasteiger partial charge in [-0.15, -0.1) is 6.58 Å². The van der Waals surface area contributed by atoms with Gasteiger partial charge in [0.2, 0.25) is 0 Å². The Kier molecular flexibility index (Phi) is 7.01. The molecule has 0 spiro atoms. The van der Waals surface area contributed by atoms with E-state index in [-0.39, 0.29) is 0 Å². The molecule has 0 radical (unpaired) electrons.